The van der Waals surface area contributed by atoms with E-state index in [2.05, 4.69) is 13.5 Å². The molecule has 36 heavy (non-hydrogen) atoms. The molecule has 0 N–H and O–H groups in total. The van der Waals surface area contributed by atoms with Gasteiger partial charge in [0.05, 0.1) is 6.61 Å². The zero-order valence-electron chi connectivity index (χ0n) is 21.1. The molecular formula is C31H36F4O. The van der Waals surface area contributed by atoms with Crippen LogP contribution in [-0.2, 0) is 6.42 Å². The summed E-state index contributed by atoms with van der Waals surface area (Å²) >= 11 is 0. The van der Waals surface area contributed by atoms with E-state index in [4.69, 9.17) is 4.74 Å². The molecule has 1 nitrogen and oxygen atoms in total. The van der Waals surface area contributed by atoms with Crippen molar-refractivity contribution in [2.45, 2.75) is 77.0 Å². The summed E-state index contributed by atoms with van der Waals surface area (Å²) in [5.41, 5.74) is 2.13. The van der Waals surface area contributed by atoms with Gasteiger partial charge in [-0.1, -0.05) is 37.3 Å². The van der Waals surface area contributed by atoms with Gasteiger partial charge in [0.1, 0.15) is 0 Å². The van der Waals surface area contributed by atoms with Gasteiger partial charge in [-0.15, -0.1) is 6.58 Å². The molecule has 1 unspecified atom stereocenters. The largest absolute Gasteiger partial charge is 0.490 e. The maximum absolute atomic E-state index is 14.8. The minimum atomic E-state index is -0.932. The van der Waals surface area contributed by atoms with Crippen LogP contribution in [0.3, 0.4) is 0 Å². The van der Waals surface area contributed by atoms with E-state index in [1.54, 1.807) is 24.3 Å². The van der Waals surface area contributed by atoms with Crippen molar-refractivity contribution in [2.24, 2.45) is 11.8 Å². The van der Waals surface area contributed by atoms with E-state index in [1.165, 1.54) is 6.07 Å². The van der Waals surface area contributed by atoms with Gasteiger partial charge in [-0.2, -0.15) is 4.39 Å². The Morgan fingerprint density at radius 3 is 2.39 bits per heavy atom. The predicted octanol–water partition coefficient (Wildman–Crippen LogP) is 9.31. The number of halogens is 4. The van der Waals surface area contributed by atoms with Gasteiger partial charge in [0.25, 0.3) is 0 Å². The Bertz CT molecular complexity index is 1100. The van der Waals surface area contributed by atoms with E-state index in [0.29, 0.717) is 41.4 Å². The van der Waals surface area contributed by atoms with Crippen LogP contribution in [-0.4, -0.2) is 6.61 Å². The molecule has 0 spiro atoms. The van der Waals surface area contributed by atoms with Crippen LogP contribution >= 0.6 is 0 Å². The lowest BCUT2D eigenvalue weighted by molar-refractivity contribution is 0.291. The highest BCUT2D eigenvalue weighted by molar-refractivity contribution is 5.67. The second-order valence-corrected chi connectivity index (χ2v) is 10.5. The van der Waals surface area contributed by atoms with Crippen molar-refractivity contribution in [3.63, 3.8) is 0 Å². The second-order valence-electron chi connectivity index (χ2n) is 10.5. The number of benzene rings is 2. The lowest BCUT2D eigenvalue weighted by Gasteiger charge is -2.29. The molecule has 2 aliphatic rings. The lowest BCUT2D eigenvalue weighted by Crippen LogP contribution is -2.16. The molecule has 0 heterocycles. The Balaban J connectivity index is 1.32. The molecule has 0 radical (unpaired) electrons. The fourth-order valence-electron chi connectivity index (χ4n) is 5.59. The summed E-state index contributed by atoms with van der Waals surface area (Å²) in [6.45, 7) is 6.02. The van der Waals surface area contributed by atoms with Gasteiger partial charge in [-0.05, 0) is 105 Å². The van der Waals surface area contributed by atoms with Gasteiger partial charge in [-0.3, -0.25) is 0 Å². The third kappa shape index (κ3) is 6.04. The summed E-state index contributed by atoms with van der Waals surface area (Å²) in [4.78, 5) is 0. The summed E-state index contributed by atoms with van der Waals surface area (Å²) in [7, 11) is 0. The van der Waals surface area contributed by atoms with E-state index < -0.39 is 23.3 Å². The number of ether oxygens (including phenoxy) is 1. The number of hydrogen-bond donors (Lipinski definition) is 0. The number of aryl methyl sites for hydroxylation is 1. The summed E-state index contributed by atoms with van der Waals surface area (Å²) in [6.07, 6.45) is 11.4. The number of allylic oxidation sites excluding steroid dienone is 2. The molecule has 0 aromatic heterocycles. The summed E-state index contributed by atoms with van der Waals surface area (Å²) in [5.74, 6) is -2.38. The summed E-state index contributed by atoms with van der Waals surface area (Å²) in [5, 5.41) is 0. The average molecular weight is 501 g/mol. The van der Waals surface area contributed by atoms with Crippen molar-refractivity contribution in [3.8, 4) is 5.75 Å². The molecule has 194 valence electrons. The third-order valence-corrected chi connectivity index (χ3v) is 7.95. The van der Waals surface area contributed by atoms with E-state index in [9.17, 15) is 17.6 Å². The van der Waals surface area contributed by atoms with Crippen molar-refractivity contribution < 1.29 is 22.3 Å². The molecule has 4 rings (SSSR count). The van der Waals surface area contributed by atoms with Crippen molar-refractivity contribution >= 4 is 5.57 Å². The first-order chi connectivity index (χ1) is 17.4. The van der Waals surface area contributed by atoms with Crippen LogP contribution < -0.4 is 4.74 Å². The molecule has 1 saturated carbocycles. The molecule has 0 aliphatic heterocycles. The van der Waals surface area contributed by atoms with Crippen LogP contribution in [0.5, 0.6) is 5.75 Å². The highest BCUT2D eigenvalue weighted by Gasteiger charge is 2.27. The number of hydrogen-bond acceptors (Lipinski definition) is 1. The molecule has 0 bridgehead atoms. The zero-order chi connectivity index (χ0) is 25.7. The van der Waals surface area contributed by atoms with E-state index in [-0.39, 0.29) is 18.3 Å². The van der Waals surface area contributed by atoms with Crippen molar-refractivity contribution in [3.05, 3.63) is 83.0 Å². The SMILES string of the molecule is C=CCCOc1ccc(C2CCC(CCc3ccc(C4=CCC(C)CC4)c(F)c3F)CC2)c(F)c1F. The van der Waals surface area contributed by atoms with Crippen LogP contribution in [0.15, 0.2) is 43.0 Å². The van der Waals surface area contributed by atoms with E-state index in [0.717, 1.165) is 56.9 Å². The minimum Gasteiger partial charge on any atom is -0.490 e. The average Bonchev–Trinajstić information content (AvgIpc) is 2.89. The Labute approximate surface area is 212 Å². The first kappa shape index (κ1) is 26.5. The van der Waals surface area contributed by atoms with Gasteiger partial charge in [0, 0.05) is 5.56 Å². The number of rotatable bonds is 9. The lowest BCUT2D eigenvalue weighted by atomic mass is 9.76. The first-order valence-electron chi connectivity index (χ1n) is 13.3. The van der Waals surface area contributed by atoms with Gasteiger partial charge in [0.15, 0.2) is 23.2 Å². The Morgan fingerprint density at radius 2 is 1.69 bits per heavy atom. The third-order valence-electron chi connectivity index (χ3n) is 7.95. The molecule has 2 aromatic carbocycles. The quantitative estimate of drug-likeness (QED) is 0.189. The standard InChI is InChI=1S/C31H36F4O/c1-3-4-19-36-27-18-17-26(30(34)31(27)35)23-12-7-21(8-13-23)9-14-24-15-16-25(29(33)28(24)32)22-10-5-20(2)6-11-22/h3,10,15-18,20-21,23H,1,4-9,11-14,19H2,2H3. The second kappa shape index (κ2) is 12.1. The highest BCUT2D eigenvalue weighted by Crippen LogP contribution is 2.40. The molecule has 2 aromatic rings. The van der Waals surface area contributed by atoms with Crippen molar-refractivity contribution in [1.29, 1.82) is 0 Å². The van der Waals surface area contributed by atoms with Crippen molar-refractivity contribution in [2.75, 3.05) is 6.61 Å². The highest BCUT2D eigenvalue weighted by atomic mass is 19.2. The molecule has 0 saturated heterocycles. The van der Waals surface area contributed by atoms with E-state index >= 15 is 0 Å². The summed E-state index contributed by atoms with van der Waals surface area (Å²) < 4.78 is 64.2. The van der Waals surface area contributed by atoms with Gasteiger partial charge >= 0.3 is 0 Å². The van der Waals surface area contributed by atoms with Gasteiger partial charge < -0.3 is 4.74 Å². The predicted molar refractivity (Wildman–Crippen MR) is 137 cm³/mol. The van der Waals surface area contributed by atoms with Crippen LogP contribution in [0.25, 0.3) is 5.57 Å². The molecule has 0 amide bonds. The van der Waals surface area contributed by atoms with Crippen LogP contribution in [0, 0.1) is 35.1 Å². The molecule has 1 atom stereocenters. The topological polar surface area (TPSA) is 9.23 Å². The Morgan fingerprint density at radius 1 is 0.917 bits per heavy atom. The van der Waals surface area contributed by atoms with Crippen LogP contribution in [0.2, 0.25) is 0 Å². The van der Waals surface area contributed by atoms with Crippen LogP contribution in [0.4, 0.5) is 17.6 Å². The molecular weight excluding hydrogens is 464 g/mol. The molecule has 5 heteroatoms. The smallest absolute Gasteiger partial charge is 0.200 e. The normalized spacial score (nSPS) is 22.2. The van der Waals surface area contributed by atoms with Gasteiger partial charge in [-0.25, -0.2) is 13.2 Å². The summed E-state index contributed by atoms with van der Waals surface area (Å²) in [6, 6.07) is 6.60. The van der Waals surface area contributed by atoms with Gasteiger partial charge in [0.2, 0.25) is 5.82 Å². The monoisotopic (exact) mass is 500 g/mol. The maximum Gasteiger partial charge on any atom is 0.200 e. The Kier molecular flexibility index (Phi) is 8.92. The minimum absolute atomic E-state index is 0.0436. The molecule has 2 aliphatic carbocycles. The first-order valence-corrected chi connectivity index (χ1v) is 13.3. The zero-order valence-corrected chi connectivity index (χ0v) is 21.1. The molecule has 1 fully saturated rings. The fourth-order valence-corrected chi connectivity index (χ4v) is 5.59. The Hall–Kier alpha value is -2.56. The van der Waals surface area contributed by atoms with E-state index in [1.807, 2.05) is 6.08 Å². The van der Waals surface area contributed by atoms with Crippen LogP contribution in [0.1, 0.15) is 87.3 Å². The van der Waals surface area contributed by atoms with Crippen molar-refractivity contribution in [1.82, 2.24) is 0 Å². The maximum atomic E-state index is 14.8. The fraction of sp³-hybridized carbons (Fsp3) is 0.484.